The number of fused-ring (bicyclic) bond motifs is 1. The maximum absolute atomic E-state index is 13.8. The van der Waals surface area contributed by atoms with Gasteiger partial charge >= 0.3 is 0 Å². The van der Waals surface area contributed by atoms with Crippen LogP contribution in [0.3, 0.4) is 0 Å². The van der Waals surface area contributed by atoms with Gasteiger partial charge in [-0.1, -0.05) is 54.1 Å². The molecule has 9 nitrogen and oxygen atoms in total. The van der Waals surface area contributed by atoms with E-state index in [4.69, 9.17) is 4.74 Å². The smallest absolute Gasteiger partial charge is 0.270 e. The maximum atomic E-state index is 13.8. The number of non-ortho nitro benzene ring substituents is 1. The molecule has 0 unspecified atom stereocenters. The van der Waals surface area contributed by atoms with Gasteiger partial charge in [0.2, 0.25) is 5.95 Å². The third-order valence-electron chi connectivity index (χ3n) is 6.31. The zero-order valence-electron chi connectivity index (χ0n) is 19.2. The summed E-state index contributed by atoms with van der Waals surface area (Å²) in [4.78, 5) is 30.7. The van der Waals surface area contributed by atoms with Crippen molar-refractivity contribution in [3.63, 3.8) is 0 Å². The number of amides is 1. The van der Waals surface area contributed by atoms with Gasteiger partial charge in [-0.05, 0) is 31.0 Å². The van der Waals surface area contributed by atoms with Crippen LogP contribution < -0.4 is 9.64 Å². The van der Waals surface area contributed by atoms with E-state index in [-0.39, 0.29) is 29.2 Å². The van der Waals surface area contributed by atoms with Crippen molar-refractivity contribution in [2.45, 2.75) is 25.4 Å². The number of methoxy groups -OCH3 is 1. The molecule has 0 saturated heterocycles. The lowest BCUT2D eigenvalue weighted by Crippen LogP contribution is -2.42. The van der Waals surface area contributed by atoms with Crippen molar-refractivity contribution >= 4 is 17.5 Å². The Labute approximate surface area is 201 Å². The largest absolute Gasteiger partial charge is 0.496 e. The second-order valence-corrected chi connectivity index (χ2v) is 8.41. The second kappa shape index (κ2) is 9.02. The molecule has 1 aliphatic heterocycles. The Morgan fingerprint density at radius 2 is 1.83 bits per heavy atom. The summed E-state index contributed by atoms with van der Waals surface area (Å²) in [5.74, 6) is 0.710. The lowest BCUT2D eigenvalue weighted by atomic mass is 9.90. The molecule has 0 radical (unpaired) electrons. The van der Waals surface area contributed by atoms with Crippen molar-refractivity contribution in [2.24, 2.45) is 0 Å². The summed E-state index contributed by atoms with van der Waals surface area (Å²) in [5.41, 5.74) is 3.03. The van der Waals surface area contributed by atoms with E-state index in [0.29, 0.717) is 12.4 Å². The quantitative estimate of drug-likeness (QED) is 0.305. The van der Waals surface area contributed by atoms with Crippen LogP contribution in [0.2, 0.25) is 0 Å². The van der Waals surface area contributed by atoms with E-state index < -0.39 is 4.92 Å². The van der Waals surface area contributed by atoms with Crippen LogP contribution in [-0.2, 0) is 0 Å². The van der Waals surface area contributed by atoms with E-state index in [9.17, 15) is 14.9 Å². The lowest BCUT2D eigenvalue weighted by Gasteiger charge is -2.39. The maximum Gasteiger partial charge on any atom is 0.270 e. The van der Waals surface area contributed by atoms with Crippen LogP contribution in [0, 0.1) is 17.0 Å². The average Bonchev–Trinajstić information content (AvgIpc) is 3.38. The number of benzene rings is 3. The minimum Gasteiger partial charge on any atom is -0.496 e. The summed E-state index contributed by atoms with van der Waals surface area (Å²) in [6.07, 6.45) is 1.93. The van der Waals surface area contributed by atoms with Crippen LogP contribution >= 0.6 is 0 Å². The van der Waals surface area contributed by atoms with Crippen molar-refractivity contribution in [1.82, 2.24) is 14.8 Å². The molecule has 0 spiro atoms. The third kappa shape index (κ3) is 4.01. The topological polar surface area (TPSA) is 103 Å². The first-order valence-corrected chi connectivity index (χ1v) is 11.1. The van der Waals surface area contributed by atoms with Crippen molar-refractivity contribution in [3.8, 4) is 5.75 Å². The molecule has 2 heterocycles. The number of rotatable bonds is 5. The number of carbonyl (C=O) groups is 1. The van der Waals surface area contributed by atoms with Crippen LogP contribution in [0.15, 0.2) is 79.1 Å². The number of nitro benzene ring substituents is 1. The van der Waals surface area contributed by atoms with Crippen LogP contribution in [0.1, 0.15) is 45.6 Å². The zero-order valence-corrected chi connectivity index (χ0v) is 19.2. The van der Waals surface area contributed by atoms with Crippen LogP contribution in [0.5, 0.6) is 5.75 Å². The van der Waals surface area contributed by atoms with Crippen molar-refractivity contribution in [3.05, 3.63) is 111 Å². The molecule has 2 atom stereocenters. The van der Waals surface area contributed by atoms with E-state index in [1.807, 2.05) is 55.5 Å². The molecule has 1 aromatic heterocycles. The average molecular weight is 470 g/mol. The van der Waals surface area contributed by atoms with Gasteiger partial charge in [0, 0.05) is 23.3 Å². The number of anilines is 1. The fraction of sp³-hybridized carbons (Fsp3) is 0.192. The van der Waals surface area contributed by atoms with Crippen molar-refractivity contribution < 1.29 is 14.5 Å². The van der Waals surface area contributed by atoms with Gasteiger partial charge in [-0.3, -0.25) is 19.8 Å². The number of hydrogen-bond acceptors (Lipinski definition) is 6. The number of aryl methyl sites for hydroxylation is 1. The van der Waals surface area contributed by atoms with Gasteiger partial charge in [0.1, 0.15) is 12.1 Å². The Bertz CT molecular complexity index is 1400. The van der Waals surface area contributed by atoms with E-state index in [0.717, 1.165) is 22.4 Å². The Balaban J connectivity index is 1.66. The fourth-order valence-corrected chi connectivity index (χ4v) is 4.59. The Hall–Kier alpha value is -4.53. The number of ether oxygens (including phenoxy) is 1. The predicted octanol–water partition coefficient (Wildman–Crippen LogP) is 4.88. The first-order chi connectivity index (χ1) is 17.0. The van der Waals surface area contributed by atoms with Gasteiger partial charge < -0.3 is 4.74 Å². The molecule has 1 aliphatic rings. The zero-order chi connectivity index (χ0) is 24.5. The van der Waals surface area contributed by atoms with Crippen molar-refractivity contribution in [1.29, 1.82) is 0 Å². The minimum atomic E-state index is -0.509. The molecule has 0 fully saturated rings. The predicted molar refractivity (Wildman–Crippen MR) is 130 cm³/mol. The molecule has 0 aliphatic carbocycles. The number of carbonyl (C=O) groups excluding carboxylic acids is 1. The normalized spacial score (nSPS) is 17.0. The first kappa shape index (κ1) is 22.3. The monoisotopic (exact) mass is 469 g/mol. The molecule has 9 heteroatoms. The molecule has 0 N–H and O–H groups in total. The highest BCUT2D eigenvalue weighted by Gasteiger charge is 2.40. The Morgan fingerprint density at radius 3 is 2.57 bits per heavy atom. The summed E-state index contributed by atoms with van der Waals surface area (Å²) in [6, 6.07) is 20.9. The molecule has 3 aromatic carbocycles. The molecule has 0 bridgehead atoms. The molecular formula is C26H23N5O4. The van der Waals surface area contributed by atoms with E-state index in [2.05, 4.69) is 10.1 Å². The fourth-order valence-electron chi connectivity index (χ4n) is 4.59. The molecular weight excluding hydrogens is 446 g/mol. The first-order valence-electron chi connectivity index (χ1n) is 11.1. The van der Waals surface area contributed by atoms with E-state index >= 15 is 0 Å². The highest BCUT2D eigenvalue weighted by molar-refractivity contribution is 6.06. The molecule has 4 aromatic rings. The van der Waals surface area contributed by atoms with Gasteiger partial charge in [-0.2, -0.15) is 10.1 Å². The summed E-state index contributed by atoms with van der Waals surface area (Å²) in [6.45, 7) is 2.00. The van der Waals surface area contributed by atoms with Gasteiger partial charge in [0.05, 0.1) is 24.1 Å². The third-order valence-corrected chi connectivity index (χ3v) is 6.31. The highest BCUT2D eigenvalue weighted by Crippen LogP contribution is 2.44. The van der Waals surface area contributed by atoms with E-state index in [1.54, 1.807) is 22.8 Å². The molecule has 5 rings (SSSR count). The number of nitrogens with zero attached hydrogens (tertiary/aromatic N) is 5. The Kier molecular flexibility index (Phi) is 5.74. The molecule has 1 amide bonds. The second-order valence-electron chi connectivity index (χ2n) is 8.41. The van der Waals surface area contributed by atoms with Gasteiger partial charge in [-0.15, -0.1) is 0 Å². The van der Waals surface area contributed by atoms with Crippen molar-refractivity contribution in [2.75, 3.05) is 12.0 Å². The lowest BCUT2D eigenvalue weighted by molar-refractivity contribution is -0.384. The number of nitro groups is 1. The van der Waals surface area contributed by atoms with Gasteiger partial charge in [-0.25, -0.2) is 4.68 Å². The van der Waals surface area contributed by atoms with Gasteiger partial charge in [0.15, 0.2) is 0 Å². The summed E-state index contributed by atoms with van der Waals surface area (Å²) in [7, 11) is 1.62. The number of para-hydroxylation sites is 1. The summed E-state index contributed by atoms with van der Waals surface area (Å²) in [5, 5.41) is 15.8. The Morgan fingerprint density at radius 1 is 1.06 bits per heavy atom. The molecule has 176 valence electrons. The van der Waals surface area contributed by atoms with E-state index in [1.165, 1.54) is 24.5 Å². The van der Waals surface area contributed by atoms with Crippen LogP contribution in [0.25, 0.3) is 0 Å². The standard InChI is InChI=1S/C26H23N5O4/c1-17-10-12-18(13-11-17)22-15-23(21-8-3-4-9-24(21)35-2)30-26(27-16-28-30)29(22)25(32)19-6-5-7-20(14-19)31(33)34/h3-14,16,22-23H,15H2,1-2H3/t22-,23-/m1/s1. The molecule has 0 saturated carbocycles. The molecule has 35 heavy (non-hydrogen) atoms. The highest BCUT2D eigenvalue weighted by atomic mass is 16.6. The summed E-state index contributed by atoms with van der Waals surface area (Å²) >= 11 is 0. The SMILES string of the molecule is COc1ccccc1[C@H]1C[C@H](c2ccc(C)cc2)N(C(=O)c2cccc([N+](=O)[O-])c2)c2ncnn21. The van der Waals surface area contributed by atoms with Crippen LogP contribution in [0.4, 0.5) is 11.6 Å². The van der Waals surface area contributed by atoms with Crippen LogP contribution in [-0.4, -0.2) is 32.7 Å². The number of hydrogen-bond donors (Lipinski definition) is 0. The summed E-state index contributed by atoms with van der Waals surface area (Å²) < 4.78 is 7.34. The number of aromatic nitrogens is 3. The van der Waals surface area contributed by atoms with Gasteiger partial charge in [0.25, 0.3) is 11.6 Å². The minimum absolute atomic E-state index is 0.145.